The molecule has 0 bridgehead atoms. The molecule has 11 nitrogen and oxygen atoms in total. The first-order valence-electron chi connectivity index (χ1n) is 11.1. The van der Waals surface area contributed by atoms with E-state index in [9.17, 15) is 14.4 Å². The number of aromatic nitrogens is 5. The van der Waals surface area contributed by atoms with E-state index in [1.54, 1.807) is 30.2 Å². The lowest BCUT2D eigenvalue weighted by atomic mass is 10.1. The van der Waals surface area contributed by atoms with E-state index in [0.717, 1.165) is 0 Å². The van der Waals surface area contributed by atoms with Crippen LogP contribution in [-0.4, -0.2) is 85.6 Å². The smallest absolute Gasteiger partial charge is 0.295 e. The number of carbonyl (C=O) groups is 3. The molecule has 1 fully saturated rings. The molecule has 4 aromatic rings. The summed E-state index contributed by atoms with van der Waals surface area (Å²) >= 11 is 0. The summed E-state index contributed by atoms with van der Waals surface area (Å²) < 4.78 is 6.92. The van der Waals surface area contributed by atoms with E-state index in [-0.39, 0.29) is 24.6 Å². The number of H-pyrrole nitrogens is 1. The lowest BCUT2D eigenvalue weighted by Gasteiger charge is -2.34. The van der Waals surface area contributed by atoms with Gasteiger partial charge in [0, 0.05) is 37.9 Å². The number of carbonyl (C=O) groups excluding carboxylic acids is 3. The molecule has 1 N–H and O–H groups in total. The minimum Gasteiger partial charge on any atom is -0.494 e. The predicted molar refractivity (Wildman–Crippen MR) is 126 cm³/mol. The Bertz CT molecular complexity index is 1420. The van der Waals surface area contributed by atoms with Crippen LogP contribution in [0.25, 0.3) is 16.7 Å². The van der Waals surface area contributed by atoms with E-state index in [1.165, 1.54) is 29.1 Å². The summed E-state index contributed by atoms with van der Waals surface area (Å²) in [5.74, 6) is -0.593. The quantitative estimate of drug-likeness (QED) is 0.345. The van der Waals surface area contributed by atoms with Gasteiger partial charge in [0.2, 0.25) is 0 Å². The average molecular weight is 473 g/mol. The highest BCUT2D eigenvalue weighted by atomic mass is 16.5. The van der Waals surface area contributed by atoms with Crippen molar-refractivity contribution < 1.29 is 19.1 Å². The monoisotopic (exact) mass is 473 g/mol. The van der Waals surface area contributed by atoms with E-state index in [2.05, 4.69) is 20.3 Å². The summed E-state index contributed by atoms with van der Waals surface area (Å²) in [4.78, 5) is 49.7. The summed E-state index contributed by atoms with van der Waals surface area (Å²) in [6.45, 7) is 3.05. The molecule has 3 aromatic heterocycles. The van der Waals surface area contributed by atoms with Crippen LogP contribution < -0.4 is 4.74 Å². The molecule has 0 atom stereocenters. The lowest BCUT2D eigenvalue weighted by Crippen LogP contribution is -2.52. The Kier molecular flexibility index (Phi) is 5.73. The van der Waals surface area contributed by atoms with Gasteiger partial charge < -0.3 is 19.5 Å². The van der Waals surface area contributed by atoms with Crippen molar-refractivity contribution in [1.29, 1.82) is 0 Å². The zero-order chi connectivity index (χ0) is 24.5. The molecule has 178 valence electrons. The largest absolute Gasteiger partial charge is 0.494 e. The predicted octanol–water partition coefficient (Wildman–Crippen LogP) is 1.63. The summed E-state index contributed by atoms with van der Waals surface area (Å²) in [7, 11) is 1.47. The van der Waals surface area contributed by atoms with Crippen molar-refractivity contribution in [3.63, 3.8) is 0 Å². The molecule has 35 heavy (non-hydrogen) atoms. The molecule has 4 heterocycles. The number of benzene rings is 1. The van der Waals surface area contributed by atoms with Gasteiger partial charge >= 0.3 is 0 Å². The number of piperazine rings is 1. The standard InChI is InChI=1S/C24H23N7O4/c1-15-14-31(28-27-15)22-20-19(18(35-2)13-26-22)17(12-25-20)21(32)24(34)30-10-8-29(9-11-30)23(33)16-6-4-3-5-7-16/h3-7,12-14,25H,8-11H2,1-2H3. The molecule has 0 radical (unpaired) electrons. The number of aromatic amines is 1. The van der Waals surface area contributed by atoms with E-state index in [4.69, 9.17) is 4.74 Å². The Balaban J connectivity index is 1.37. The van der Waals surface area contributed by atoms with Crippen LogP contribution in [-0.2, 0) is 4.79 Å². The van der Waals surface area contributed by atoms with Gasteiger partial charge in [0.05, 0.1) is 41.7 Å². The lowest BCUT2D eigenvalue weighted by molar-refractivity contribution is -0.127. The molecular formula is C24H23N7O4. The summed E-state index contributed by atoms with van der Waals surface area (Å²) in [5.41, 5.74) is 1.99. The first kappa shape index (κ1) is 22.3. The van der Waals surface area contributed by atoms with E-state index in [0.29, 0.717) is 46.8 Å². The third-order valence-corrected chi connectivity index (χ3v) is 6.01. The molecule has 0 aliphatic carbocycles. The average Bonchev–Trinajstić information content (AvgIpc) is 3.54. The van der Waals surface area contributed by atoms with Crippen LogP contribution >= 0.6 is 0 Å². The molecule has 0 saturated carbocycles. The number of pyridine rings is 1. The second-order valence-corrected chi connectivity index (χ2v) is 8.19. The summed E-state index contributed by atoms with van der Waals surface area (Å²) in [5, 5.41) is 8.48. The number of rotatable bonds is 5. The first-order valence-corrected chi connectivity index (χ1v) is 11.1. The number of aryl methyl sites for hydroxylation is 1. The number of methoxy groups -OCH3 is 1. The Labute approximate surface area is 200 Å². The fourth-order valence-corrected chi connectivity index (χ4v) is 4.20. The maximum Gasteiger partial charge on any atom is 0.295 e. The van der Waals surface area contributed by atoms with Gasteiger partial charge in [-0.05, 0) is 19.1 Å². The number of ether oxygens (including phenoxy) is 1. The molecule has 5 rings (SSSR count). The molecular weight excluding hydrogens is 450 g/mol. The maximum absolute atomic E-state index is 13.3. The zero-order valence-electron chi connectivity index (χ0n) is 19.3. The Hall–Kier alpha value is -4.54. The van der Waals surface area contributed by atoms with Gasteiger partial charge in [0.25, 0.3) is 17.6 Å². The Morgan fingerprint density at radius 2 is 1.74 bits per heavy atom. The maximum atomic E-state index is 13.3. The SMILES string of the molecule is COc1cnc(-n2cc(C)nn2)c2[nH]cc(C(=O)C(=O)N3CCN(C(=O)c4ccccc4)CC3)c12. The third-order valence-electron chi connectivity index (χ3n) is 6.01. The first-order chi connectivity index (χ1) is 17.0. The van der Waals surface area contributed by atoms with Crippen molar-refractivity contribution in [3.05, 3.63) is 65.7 Å². The van der Waals surface area contributed by atoms with Crippen LogP contribution in [0.2, 0.25) is 0 Å². The normalized spacial score (nSPS) is 13.8. The highest BCUT2D eigenvalue weighted by Gasteiger charge is 2.31. The molecule has 1 aliphatic heterocycles. The summed E-state index contributed by atoms with van der Waals surface area (Å²) in [6, 6.07) is 9.00. The van der Waals surface area contributed by atoms with E-state index >= 15 is 0 Å². The fraction of sp³-hybridized carbons (Fsp3) is 0.250. The Morgan fingerprint density at radius 1 is 1.03 bits per heavy atom. The van der Waals surface area contributed by atoms with Crippen LogP contribution in [0.1, 0.15) is 26.4 Å². The van der Waals surface area contributed by atoms with Crippen molar-refractivity contribution in [2.45, 2.75) is 6.92 Å². The van der Waals surface area contributed by atoms with Gasteiger partial charge in [-0.25, -0.2) is 4.98 Å². The van der Waals surface area contributed by atoms with Crippen LogP contribution in [0.4, 0.5) is 0 Å². The van der Waals surface area contributed by atoms with Gasteiger partial charge in [0.15, 0.2) is 5.82 Å². The highest BCUT2D eigenvalue weighted by Crippen LogP contribution is 2.32. The van der Waals surface area contributed by atoms with E-state index < -0.39 is 11.7 Å². The van der Waals surface area contributed by atoms with Gasteiger partial charge in [0.1, 0.15) is 5.75 Å². The number of amides is 2. The molecule has 11 heteroatoms. The van der Waals surface area contributed by atoms with Crippen molar-refractivity contribution in [1.82, 2.24) is 34.8 Å². The number of nitrogens with one attached hydrogen (secondary N) is 1. The third kappa shape index (κ3) is 4.01. The van der Waals surface area contributed by atoms with Gasteiger partial charge in [-0.15, -0.1) is 5.10 Å². The van der Waals surface area contributed by atoms with Gasteiger partial charge in [-0.3, -0.25) is 14.4 Å². The highest BCUT2D eigenvalue weighted by molar-refractivity contribution is 6.45. The molecule has 0 unspecified atom stereocenters. The zero-order valence-corrected chi connectivity index (χ0v) is 19.3. The number of hydrogen-bond donors (Lipinski definition) is 1. The van der Waals surface area contributed by atoms with Crippen LogP contribution in [0, 0.1) is 6.92 Å². The molecule has 1 saturated heterocycles. The second-order valence-electron chi connectivity index (χ2n) is 8.19. The minimum absolute atomic E-state index is 0.0891. The van der Waals surface area contributed by atoms with Crippen molar-refractivity contribution in [3.8, 4) is 11.6 Å². The van der Waals surface area contributed by atoms with Crippen molar-refractivity contribution >= 4 is 28.5 Å². The number of hydrogen-bond acceptors (Lipinski definition) is 7. The van der Waals surface area contributed by atoms with Crippen molar-refractivity contribution in [2.75, 3.05) is 33.3 Å². The minimum atomic E-state index is -0.663. The number of Topliss-reactive ketones (excluding diaryl/α,β-unsaturated/α-hetero) is 1. The van der Waals surface area contributed by atoms with Crippen LogP contribution in [0.5, 0.6) is 5.75 Å². The van der Waals surface area contributed by atoms with Gasteiger partial charge in [-0.2, -0.15) is 4.68 Å². The topological polar surface area (TPSA) is 126 Å². The molecule has 2 amide bonds. The fourth-order valence-electron chi connectivity index (χ4n) is 4.20. The van der Waals surface area contributed by atoms with Crippen molar-refractivity contribution in [2.24, 2.45) is 0 Å². The van der Waals surface area contributed by atoms with Gasteiger partial charge in [-0.1, -0.05) is 23.4 Å². The number of nitrogens with zero attached hydrogens (tertiary/aromatic N) is 6. The number of fused-ring (bicyclic) bond motifs is 1. The van der Waals surface area contributed by atoms with E-state index in [1.807, 2.05) is 18.2 Å². The summed E-state index contributed by atoms with van der Waals surface area (Å²) in [6.07, 6.45) is 4.67. The van der Waals surface area contributed by atoms with Crippen LogP contribution in [0.15, 0.2) is 48.9 Å². The number of ketones is 1. The molecule has 1 aromatic carbocycles. The molecule has 0 spiro atoms. The Morgan fingerprint density at radius 3 is 2.40 bits per heavy atom. The molecule has 1 aliphatic rings. The van der Waals surface area contributed by atoms with Crippen LogP contribution in [0.3, 0.4) is 0 Å². The second kappa shape index (κ2) is 9.01.